The summed E-state index contributed by atoms with van der Waals surface area (Å²) in [4.78, 5) is 2.22. The first-order valence-electron chi connectivity index (χ1n) is 6.15. The van der Waals surface area contributed by atoms with Gasteiger partial charge in [-0.05, 0) is 44.0 Å². The molecule has 94 valence electrons. The molecule has 17 heavy (non-hydrogen) atoms. The number of ether oxygens (including phenoxy) is 1. The number of rotatable bonds is 4. The molecule has 0 aromatic heterocycles. The van der Waals surface area contributed by atoms with Crippen molar-refractivity contribution in [3.8, 4) is 5.75 Å². The van der Waals surface area contributed by atoms with E-state index < -0.39 is 0 Å². The van der Waals surface area contributed by atoms with Crippen LogP contribution < -0.4 is 9.64 Å². The fourth-order valence-corrected chi connectivity index (χ4v) is 2.17. The van der Waals surface area contributed by atoms with Crippen LogP contribution in [0.1, 0.15) is 25.8 Å². The molecule has 3 nitrogen and oxygen atoms in total. The minimum atomic E-state index is -0.0392. The Morgan fingerprint density at radius 3 is 2.88 bits per heavy atom. The number of aliphatic hydroxyl groups is 1. The lowest BCUT2D eigenvalue weighted by atomic mass is 9.98. The van der Waals surface area contributed by atoms with Crippen LogP contribution in [-0.2, 0) is 6.42 Å². The largest absolute Gasteiger partial charge is 0.493 e. The monoisotopic (exact) mass is 235 g/mol. The van der Waals surface area contributed by atoms with Gasteiger partial charge >= 0.3 is 0 Å². The third-order valence-corrected chi connectivity index (χ3v) is 3.69. The second kappa shape index (κ2) is 4.57. The van der Waals surface area contributed by atoms with Crippen molar-refractivity contribution in [2.75, 3.05) is 25.2 Å². The quantitative estimate of drug-likeness (QED) is 0.868. The summed E-state index contributed by atoms with van der Waals surface area (Å²) in [6, 6.07) is 6.33. The molecule has 0 fully saturated rings. The van der Waals surface area contributed by atoms with Crippen LogP contribution in [0.4, 0.5) is 5.69 Å². The molecule has 1 N–H and O–H groups in total. The van der Waals surface area contributed by atoms with Gasteiger partial charge in [-0.2, -0.15) is 0 Å². The normalized spacial score (nSPS) is 14.4. The number of hydrogen-bond donors (Lipinski definition) is 1. The topological polar surface area (TPSA) is 32.7 Å². The Morgan fingerprint density at radius 1 is 1.41 bits per heavy atom. The Labute approximate surface area is 103 Å². The molecule has 0 saturated carbocycles. The van der Waals surface area contributed by atoms with E-state index >= 15 is 0 Å². The molecule has 2 rings (SSSR count). The number of anilines is 1. The maximum absolute atomic E-state index is 9.11. The number of aliphatic hydroxyl groups excluding tert-OH is 1. The minimum absolute atomic E-state index is 0.0392. The van der Waals surface area contributed by atoms with E-state index in [4.69, 9.17) is 9.84 Å². The van der Waals surface area contributed by atoms with E-state index in [1.165, 1.54) is 11.3 Å². The van der Waals surface area contributed by atoms with E-state index in [-0.39, 0.29) is 12.1 Å². The number of benzene rings is 1. The highest BCUT2D eigenvalue weighted by atomic mass is 16.5. The highest BCUT2D eigenvalue weighted by Crippen LogP contribution is 2.32. The average Bonchev–Trinajstić information content (AvgIpc) is 2.74. The van der Waals surface area contributed by atoms with Crippen molar-refractivity contribution in [1.29, 1.82) is 0 Å². The van der Waals surface area contributed by atoms with Crippen molar-refractivity contribution < 1.29 is 9.84 Å². The van der Waals surface area contributed by atoms with Crippen LogP contribution in [0.2, 0.25) is 0 Å². The lowest BCUT2D eigenvalue weighted by molar-refractivity contribution is 0.250. The molecule has 1 aliphatic heterocycles. The van der Waals surface area contributed by atoms with Crippen LogP contribution in [-0.4, -0.2) is 30.9 Å². The molecule has 0 unspecified atom stereocenters. The van der Waals surface area contributed by atoms with E-state index in [0.29, 0.717) is 0 Å². The smallest absolute Gasteiger partial charge is 0.122 e. The van der Waals surface area contributed by atoms with Crippen LogP contribution in [0.5, 0.6) is 5.75 Å². The second-order valence-electron chi connectivity index (χ2n) is 5.24. The third kappa shape index (κ3) is 2.39. The summed E-state index contributed by atoms with van der Waals surface area (Å²) < 4.78 is 5.51. The predicted octanol–water partition coefficient (Wildman–Crippen LogP) is 2.22. The van der Waals surface area contributed by atoms with Crippen LogP contribution in [0.15, 0.2) is 18.2 Å². The lowest BCUT2D eigenvalue weighted by Gasteiger charge is -2.37. The first-order valence-corrected chi connectivity index (χ1v) is 6.15. The van der Waals surface area contributed by atoms with E-state index in [9.17, 15) is 0 Å². The molecule has 0 radical (unpaired) electrons. The van der Waals surface area contributed by atoms with Gasteiger partial charge in [0.25, 0.3) is 0 Å². The van der Waals surface area contributed by atoms with Gasteiger partial charge < -0.3 is 14.7 Å². The first-order chi connectivity index (χ1) is 8.04. The van der Waals surface area contributed by atoms with E-state index in [1.807, 2.05) is 6.07 Å². The van der Waals surface area contributed by atoms with Gasteiger partial charge in [-0.25, -0.2) is 0 Å². The molecule has 1 aromatic rings. The number of hydrogen-bond acceptors (Lipinski definition) is 3. The van der Waals surface area contributed by atoms with Gasteiger partial charge in [-0.1, -0.05) is 0 Å². The Kier molecular flexibility index (Phi) is 3.29. The summed E-state index contributed by atoms with van der Waals surface area (Å²) >= 11 is 0. The predicted molar refractivity (Wildman–Crippen MR) is 69.8 cm³/mol. The maximum atomic E-state index is 9.11. The van der Waals surface area contributed by atoms with Gasteiger partial charge in [0.2, 0.25) is 0 Å². The fourth-order valence-electron chi connectivity index (χ4n) is 2.17. The summed E-state index contributed by atoms with van der Waals surface area (Å²) in [6.07, 6.45) is 1.76. The highest BCUT2D eigenvalue weighted by Gasteiger charge is 2.24. The summed E-state index contributed by atoms with van der Waals surface area (Å²) in [7, 11) is 2.08. The van der Waals surface area contributed by atoms with Crippen molar-refractivity contribution in [3.05, 3.63) is 23.8 Å². The van der Waals surface area contributed by atoms with Gasteiger partial charge in [-0.15, -0.1) is 0 Å². The van der Waals surface area contributed by atoms with Gasteiger partial charge in [0, 0.05) is 31.3 Å². The van der Waals surface area contributed by atoms with Crippen LogP contribution in [0.25, 0.3) is 0 Å². The zero-order chi connectivity index (χ0) is 12.5. The summed E-state index contributed by atoms with van der Waals surface area (Å²) in [5.41, 5.74) is 2.43. The Balaban J connectivity index is 2.22. The zero-order valence-electron chi connectivity index (χ0n) is 10.9. The molecule has 1 aliphatic rings. The van der Waals surface area contributed by atoms with E-state index in [2.05, 4.69) is 37.9 Å². The van der Waals surface area contributed by atoms with Gasteiger partial charge in [-0.3, -0.25) is 0 Å². The Morgan fingerprint density at radius 2 is 2.18 bits per heavy atom. The lowest BCUT2D eigenvalue weighted by Crippen LogP contribution is -2.42. The van der Waals surface area contributed by atoms with Crippen LogP contribution in [0.3, 0.4) is 0 Å². The molecule has 0 atom stereocenters. The fraction of sp³-hybridized carbons (Fsp3) is 0.571. The van der Waals surface area contributed by atoms with E-state index in [0.717, 1.165) is 25.2 Å². The SMILES string of the molecule is CN(c1ccc2c(c1)CCO2)C(C)(C)CCO. The number of fused-ring (bicyclic) bond motifs is 1. The Hall–Kier alpha value is -1.22. The summed E-state index contributed by atoms with van der Waals surface area (Å²) in [6.45, 7) is 5.30. The maximum Gasteiger partial charge on any atom is 0.122 e. The van der Waals surface area contributed by atoms with Crippen molar-refractivity contribution in [3.63, 3.8) is 0 Å². The van der Waals surface area contributed by atoms with Crippen molar-refractivity contribution in [2.24, 2.45) is 0 Å². The molecule has 0 aliphatic carbocycles. The van der Waals surface area contributed by atoms with Crippen molar-refractivity contribution >= 4 is 5.69 Å². The molecule has 1 heterocycles. The summed E-state index contributed by atoms with van der Waals surface area (Å²) in [5.74, 6) is 1.02. The molecule has 0 amide bonds. The summed E-state index contributed by atoms with van der Waals surface area (Å²) in [5, 5.41) is 9.11. The Bertz CT molecular complexity index is 401. The standard InChI is InChI=1S/C14H21NO2/c1-14(2,7-8-16)15(3)12-4-5-13-11(10-12)6-9-17-13/h4-5,10,16H,6-9H2,1-3H3. The zero-order valence-corrected chi connectivity index (χ0v) is 10.9. The van der Waals surface area contributed by atoms with Crippen LogP contribution in [0, 0.1) is 0 Å². The van der Waals surface area contributed by atoms with E-state index in [1.54, 1.807) is 0 Å². The second-order valence-corrected chi connectivity index (χ2v) is 5.24. The van der Waals surface area contributed by atoms with Crippen LogP contribution >= 0.6 is 0 Å². The van der Waals surface area contributed by atoms with Gasteiger partial charge in [0.05, 0.1) is 6.61 Å². The van der Waals surface area contributed by atoms with Crippen molar-refractivity contribution in [2.45, 2.75) is 32.2 Å². The van der Waals surface area contributed by atoms with Gasteiger partial charge in [0.1, 0.15) is 5.75 Å². The molecule has 0 bridgehead atoms. The van der Waals surface area contributed by atoms with Crippen molar-refractivity contribution in [1.82, 2.24) is 0 Å². The highest BCUT2D eigenvalue weighted by molar-refractivity contribution is 5.55. The third-order valence-electron chi connectivity index (χ3n) is 3.69. The number of nitrogens with zero attached hydrogens (tertiary/aromatic N) is 1. The average molecular weight is 235 g/mol. The molecule has 1 aromatic carbocycles. The first kappa shape index (κ1) is 12.2. The molecule has 0 saturated heterocycles. The molecule has 3 heteroatoms. The molecular weight excluding hydrogens is 214 g/mol. The minimum Gasteiger partial charge on any atom is -0.493 e. The molecular formula is C14H21NO2. The molecule has 0 spiro atoms. The van der Waals surface area contributed by atoms with Gasteiger partial charge in [0.15, 0.2) is 0 Å².